The van der Waals surface area contributed by atoms with Crippen molar-refractivity contribution in [3.05, 3.63) is 12.2 Å². The van der Waals surface area contributed by atoms with Gasteiger partial charge in [-0.2, -0.15) is 4.98 Å². The summed E-state index contributed by atoms with van der Waals surface area (Å²) < 4.78 is 5.66. The Morgan fingerprint density at radius 1 is 1.38 bits per heavy atom. The van der Waals surface area contributed by atoms with Crippen molar-refractivity contribution in [3.8, 4) is 0 Å². The molecule has 0 spiro atoms. The average Bonchev–Trinajstić information content (AvgIpc) is 2.31. The van der Waals surface area contributed by atoms with Crippen LogP contribution in [0.25, 0.3) is 0 Å². The van der Waals surface area contributed by atoms with E-state index in [-0.39, 0.29) is 11.5 Å². The number of nitrogen functional groups attached to an aromatic ring is 1. The van der Waals surface area contributed by atoms with E-state index >= 15 is 0 Å². The summed E-state index contributed by atoms with van der Waals surface area (Å²) in [7, 11) is 1.72. The SMILES string of the molecule is COC1(c2ncnc(N)n2)CCC(C)CC1. The summed E-state index contributed by atoms with van der Waals surface area (Å²) in [6.07, 6.45) is 5.64. The minimum atomic E-state index is -0.358. The van der Waals surface area contributed by atoms with Crippen LogP contribution in [0.1, 0.15) is 38.4 Å². The molecule has 0 bridgehead atoms. The summed E-state index contributed by atoms with van der Waals surface area (Å²) in [5.74, 6) is 1.69. The van der Waals surface area contributed by atoms with Gasteiger partial charge in [0, 0.05) is 7.11 Å². The van der Waals surface area contributed by atoms with Crippen LogP contribution in [-0.4, -0.2) is 22.1 Å². The Kier molecular flexibility index (Phi) is 3.05. The van der Waals surface area contributed by atoms with E-state index in [0.717, 1.165) is 31.6 Å². The molecule has 1 heterocycles. The number of methoxy groups -OCH3 is 1. The molecule has 1 aromatic heterocycles. The lowest BCUT2D eigenvalue weighted by atomic mass is 9.79. The van der Waals surface area contributed by atoms with Gasteiger partial charge in [-0.1, -0.05) is 6.92 Å². The van der Waals surface area contributed by atoms with Gasteiger partial charge in [-0.05, 0) is 31.6 Å². The molecule has 2 rings (SSSR count). The summed E-state index contributed by atoms with van der Waals surface area (Å²) >= 11 is 0. The van der Waals surface area contributed by atoms with Crippen molar-refractivity contribution in [1.29, 1.82) is 0 Å². The molecule has 0 aliphatic heterocycles. The van der Waals surface area contributed by atoms with Crippen LogP contribution in [0.3, 0.4) is 0 Å². The molecule has 0 unspecified atom stereocenters. The summed E-state index contributed by atoms with van der Waals surface area (Å²) in [5.41, 5.74) is 5.23. The Morgan fingerprint density at radius 3 is 2.62 bits per heavy atom. The van der Waals surface area contributed by atoms with Crippen molar-refractivity contribution < 1.29 is 4.74 Å². The second-order valence-corrected chi connectivity index (χ2v) is 4.55. The van der Waals surface area contributed by atoms with E-state index in [0.29, 0.717) is 5.82 Å². The largest absolute Gasteiger partial charge is 0.370 e. The predicted octanol–water partition coefficient (Wildman–Crippen LogP) is 1.51. The number of hydrogen-bond acceptors (Lipinski definition) is 5. The number of aromatic nitrogens is 3. The molecule has 5 heteroatoms. The fraction of sp³-hybridized carbons (Fsp3) is 0.727. The van der Waals surface area contributed by atoms with E-state index in [1.54, 1.807) is 7.11 Å². The van der Waals surface area contributed by atoms with Crippen molar-refractivity contribution in [2.75, 3.05) is 12.8 Å². The number of anilines is 1. The topological polar surface area (TPSA) is 73.9 Å². The fourth-order valence-corrected chi connectivity index (χ4v) is 2.28. The maximum Gasteiger partial charge on any atom is 0.223 e. The first-order chi connectivity index (χ1) is 7.66. The smallest absolute Gasteiger partial charge is 0.223 e. The lowest BCUT2D eigenvalue weighted by Crippen LogP contribution is -2.35. The predicted molar refractivity (Wildman–Crippen MR) is 60.6 cm³/mol. The van der Waals surface area contributed by atoms with Crippen LogP contribution >= 0.6 is 0 Å². The molecular weight excluding hydrogens is 204 g/mol. The van der Waals surface area contributed by atoms with E-state index in [2.05, 4.69) is 21.9 Å². The maximum atomic E-state index is 5.66. The van der Waals surface area contributed by atoms with Crippen LogP contribution in [-0.2, 0) is 10.3 Å². The number of ether oxygens (including phenoxy) is 1. The molecule has 1 fully saturated rings. The minimum Gasteiger partial charge on any atom is -0.370 e. The summed E-state index contributed by atoms with van der Waals surface area (Å²) in [6, 6.07) is 0. The van der Waals surface area contributed by atoms with Crippen LogP contribution < -0.4 is 5.73 Å². The highest BCUT2D eigenvalue weighted by atomic mass is 16.5. The lowest BCUT2D eigenvalue weighted by Gasteiger charge is -2.36. The first kappa shape index (κ1) is 11.3. The highest BCUT2D eigenvalue weighted by Gasteiger charge is 2.38. The van der Waals surface area contributed by atoms with Crippen molar-refractivity contribution >= 4 is 5.95 Å². The van der Waals surface area contributed by atoms with Gasteiger partial charge in [0.1, 0.15) is 11.9 Å². The first-order valence-electron chi connectivity index (χ1n) is 5.66. The molecule has 5 nitrogen and oxygen atoms in total. The standard InChI is InChI=1S/C11H18N4O/c1-8-3-5-11(16-2,6-4-8)9-13-7-14-10(12)15-9/h7-8H,3-6H2,1-2H3,(H2,12,13,14,15). The molecule has 0 atom stereocenters. The highest BCUT2D eigenvalue weighted by Crippen LogP contribution is 2.40. The van der Waals surface area contributed by atoms with Gasteiger partial charge in [0.15, 0.2) is 5.82 Å². The van der Waals surface area contributed by atoms with Gasteiger partial charge in [0.05, 0.1) is 0 Å². The molecule has 2 N–H and O–H groups in total. The van der Waals surface area contributed by atoms with Gasteiger partial charge < -0.3 is 10.5 Å². The van der Waals surface area contributed by atoms with E-state index in [1.807, 2.05) is 0 Å². The minimum absolute atomic E-state index is 0.264. The third-order valence-corrected chi connectivity index (χ3v) is 3.47. The molecule has 1 aliphatic carbocycles. The average molecular weight is 222 g/mol. The Labute approximate surface area is 95.5 Å². The first-order valence-corrected chi connectivity index (χ1v) is 5.66. The van der Waals surface area contributed by atoms with Crippen LogP contribution in [0, 0.1) is 5.92 Å². The van der Waals surface area contributed by atoms with Gasteiger partial charge in [0.25, 0.3) is 0 Å². The molecule has 0 aromatic carbocycles. The van der Waals surface area contributed by atoms with Gasteiger partial charge >= 0.3 is 0 Å². The quantitative estimate of drug-likeness (QED) is 0.821. The number of nitrogens with two attached hydrogens (primary N) is 1. The zero-order valence-corrected chi connectivity index (χ0v) is 9.81. The molecule has 0 saturated heterocycles. The Hall–Kier alpha value is -1.23. The Balaban J connectivity index is 2.28. The van der Waals surface area contributed by atoms with E-state index in [4.69, 9.17) is 10.5 Å². The molecule has 1 saturated carbocycles. The molecule has 1 aromatic rings. The number of rotatable bonds is 2. The normalized spacial score (nSPS) is 30.2. The van der Waals surface area contributed by atoms with Crippen LogP contribution in [0.5, 0.6) is 0 Å². The highest BCUT2D eigenvalue weighted by molar-refractivity contribution is 5.16. The van der Waals surface area contributed by atoms with Crippen molar-refractivity contribution in [1.82, 2.24) is 15.0 Å². The van der Waals surface area contributed by atoms with Gasteiger partial charge in [-0.15, -0.1) is 0 Å². The Bertz CT molecular complexity index is 361. The Morgan fingerprint density at radius 2 is 2.06 bits per heavy atom. The van der Waals surface area contributed by atoms with E-state index in [1.165, 1.54) is 6.33 Å². The monoisotopic (exact) mass is 222 g/mol. The summed E-state index contributed by atoms with van der Waals surface area (Å²) in [5, 5.41) is 0. The third kappa shape index (κ3) is 2.00. The van der Waals surface area contributed by atoms with E-state index < -0.39 is 0 Å². The van der Waals surface area contributed by atoms with Gasteiger partial charge in [0.2, 0.25) is 5.95 Å². The van der Waals surface area contributed by atoms with Gasteiger partial charge in [-0.3, -0.25) is 0 Å². The second-order valence-electron chi connectivity index (χ2n) is 4.55. The fourth-order valence-electron chi connectivity index (χ4n) is 2.28. The van der Waals surface area contributed by atoms with Crippen LogP contribution in [0.2, 0.25) is 0 Å². The number of hydrogen-bond donors (Lipinski definition) is 1. The third-order valence-electron chi connectivity index (χ3n) is 3.47. The van der Waals surface area contributed by atoms with Crippen LogP contribution in [0.4, 0.5) is 5.95 Å². The second kappa shape index (κ2) is 4.33. The summed E-state index contributed by atoms with van der Waals surface area (Å²) in [4.78, 5) is 12.2. The molecule has 88 valence electrons. The van der Waals surface area contributed by atoms with Crippen molar-refractivity contribution in [3.63, 3.8) is 0 Å². The van der Waals surface area contributed by atoms with Crippen molar-refractivity contribution in [2.24, 2.45) is 5.92 Å². The molecule has 16 heavy (non-hydrogen) atoms. The zero-order chi connectivity index (χ0) is 11.6. The summed E-state index contributed by atoms with van der Waals surface area (Å²) in [6.45, 7) is 2.27. The lowest BCUT2D eigenvalue weighted by molar-refractivity contribution is -0.0597. The van der Waals surface area contributed by atoms with Crippen molar-refractivity contribution in [2.45, 2.75) is 38.2 Å². The molecule has 0 amide bonds. The molecule has 0 radical (unpaired) electrons. The zero-order valence-electron chi connectivity index (χ0n) is 9.81. The molecular formula is C11H18N4O. The maximum absolute atomic E-state index is 5.66. The number of nitrogens with zero attached hydrogens (tertiary/aromatic N) is 3. The van der Waals surface area contributed by atoms with Crippen LogP contribution in [0.15, 0.2) is 6.33 Å². The van der Waals surface area contributed by atoms with E-state index in [9.17, 15) is 0 Å². The molecule has 1 aliphatic rings. The van der Waals surface area contributed by atoms with Gasteiger partial charge in [-0.25, -0.2) is 9.97 Å².